The highest BCUT2D eigenvalue weighted by Crippen LogP contribution is 2.26. The second kappa shape index (κ2) is 9.80. The first-order chi connectivity index (χ1) is 16.3. The lowest BCUT2D eigenvalue weighted by Crippen LogP contribution is -2.29. The Balaban J connectivity index is 1.48. The van der Waals surface area contributed by atoms with Crippen molar-refractivity contribution >= 4 is 44.9 Å². The second-order valence-electron chi connectivity index (χ2n) is 7.81. The van der Waals surface area contributed by atoms with E-state index in [9.17, 15) is 13.2 Å². The number of rotatable bonds is 7. The van der Waals surface area contributed by atoms with Crippen LogP contribution in [0.25, 0.3) is 0 Å². The lowest BCUT2D eigenvalue weighted by Gasteiger charge is -2.28. The number of hydrogen-bond acceptors (Lipinski definition) is 6. The molecule has 0 aliphatic carbocycles. The van der Waals surface area contributed by atoms with Crippen molar-refractivity contribution in [3.63, 3.8) is 0 Å². The maximum Gasteiger partial charge on any atom is 0.261 e. The molecule has 3 aromatic rings. The first-order valence-electron chi connectivity index (χ1n) is 10.6. The molecule has 0 radical (unpaired) electrons. The van der Waals surface area contributed by atoms with Gasteiger partial charge >= 0.3 is 0 Å². The molecule has 0 atom stereocenters. The molecule has 0 spiro atoms. The Kier molecular flexibility index (Phi) is 6.65. The summed E-state index contributed by atoms with van der Waals surface area (Å²) in [4.78, 5) is 17.9. The second-order valence-corrected chi connectivity index (χ2v) is 9.49. The zero-order valence-electron chi connectivity index (χ0n) is 18.8. The number of aryl methyl sites for hydroxylation is 1. The highest BCUT2D eigenvalue weighted by Gasteiger charge is 2.16. The van der Waals surface area contributed by atoms with E-state index in [1.165, 1.54) is 6.92 Å². The fourth-order valence-corrected chi connectivity index (χ4v) is 4.46. The molecule has 1 aliphatic heterocycles. The predicted molar refractivity (Wildman–Crippen MR) is 137 cm³/mol. The molecule has 1 heterocycles. The van der Waals surface area contributed by atoms with Crippen molar-refractivity contribution in [2.24, 2.45) is 4.99 Å². The van der Waals surface area contributed by atoms with Crippen LogP contribution in [-0.2, 0) is 14.8 Å². The van der Waals surface area contributed by atoms with Crippen LogP contribution in [0.2, 0.25) is 0 Å². The SMILES string of the molecule is CC(=O)Nc1cccc(N2CN=CC=C2Nc2ccc(NS(=O)(=O)c3ccc(C)cc3)cc2)c1. The van der Waals surface area contributed by atoms with Crippen molar-refractivity contribution < 1.29 is 13.2 Å². The molecule has 0 fully saturated rings. The normalized spacial score (nSPS) is 13.2. The minimum absolute atomic E-state index is 0.138. The zero-order valence-corrected chi connectivity index (χ0v) is 19.6. The van der Waals surface area contributed by atoms with Crippen LogP contribution >= 0.6 is 0 Å². The topological polar surface area (TPSA) is 103 Å². The van der Waals surface area contributed by atoms with Crippen LogP contribution in [-0.4, -0.2) is 27.2 Å². The van der Waals surface area contributed by atoms with Crippen LogP contribution in [0.1, 0.15) is 12.5 Å². The summed E-state index contributed by atoms with van der Waals surface area (Å²) < 4.78 is 27.9. The third kappa shape index (κ3) is 5.62. The number of anilines is 4. The molecule has 4 rings (SSSR count). The first-order valence-corrected chi connectivity index (χ1v) is 12.1. The summed E-state index contributed by atoms with van der Waals surface area (Å²) in [7, 11) is -3.67. The fourth-order valence-electron chi connectivity index (χ4n) is 3.40. The van der Waals surface area contributed by atoms with Gasteiger partial charge in [-0.15, -0.1) is 0 Å². The zero-order chi connectivity index (χ0) is 24.1. The van der Waals surface area contributed by atoms with Crippen LogP contribution in [0.4, 0.5) is 22.7 Å². The van der Waals surface area contributed by atoms with E-state index in [-0.39, 0.29) is 10.8 Å². The van der Waals surface area contributed by atoms with Gasteiger partial charge in [0.25, 0.3) is 10.0 Å². The quantitative estimate of drug-likeness (QED) is 0.465. The van der Waals surface area contributed by atoms with E-state index < -0.39 is 10.0 Å². The number of nitrogens with one attached hydrogen (secondary N) is 3. The third-order valence-corrected chi connectivity index (χ3v) is 6.47. The summed E-state index contributed by atoms with van der Waals surface area (Å²) in [6, 6.07) is 21.2. The van der Waals surface area contributed by atoms with Crippen molar-refractivity contribution in [2.75, 3.05) is 26.9 Å². The van der Waals surface area contributed by atoms with E-state index in [2.05, 4.69) is 20.3 Å². The van der Waals surface area contributed by atoms with Crippen LogP contribution in [0.5, 0.6) is 0 Å². The minimum Gasteiger partial charge on any atom is -0.342 e. The number of aliphatic imine (C=N–C) groups is 1. The Morgan fingerprint density at radius 1 is 0.941 bits per heavy atom. The average molecular weight is 476 g/mol. The van der Waals surface area contributed by atoms with Gasteiger partial charge in [0.05, 0.1) is 4.90 Å². The van der Waals surface area contributed by atoms with E-state index in [1.807, 2.05) is 42.2 Å². The lowest BCUT2D eigenvalue weighted by atomic mass is 10.2. The molecule has 9 heteroatoms. The summed E-state index contributed by atoms with van der Waals surface area (Å²) in [5, 5.41) is 6.14. The largest absolute Gasteiger partial charge is 0.342 e. The maximum absolute atomic E-state index is 12.6. The number of amides is 1. The molecule has 0 saturated carbocycles. The Morgan fingerprint density at radius 2 is 1.65 bits per heavy atom. The third-order valence-electron chi connectivity index (χ3n) is 5.07. The molecular formula is C25H25N5O3S. The summed E-state index contributed by atoms with van der Waals surface area (Å²) in [6.07, 6.45) is 3.57. The van der Waals surface area contributed by atoms with E-state index in [1.54, 1.807) is 54.7 Å². The number of hydrogen-bond donors (Lipinski definition) is 3. The average Bonchev–Trinajstić information content (AvgIpc) is 2.81. The van der Waals surface area contributed by atoms with E-state index in [4.69, 9.17) is 0 Å². The van der Waals surface area contributed by atoms with Gasteiger partial charge in [0.15, 0.2) is 0 Å². The monoisotopic (exact) mass is 475 g/mol. The van der Waals surface area contributed by atoms with E-state index in [0.29, 0.717) is 18.0 Å². The van der Waals surface area contributed by atoms with Crippen molar-refractivity contribution in [1.82, 2.24) is 0 Å². The van der Waals surface area contributed by atoms with Gasteiger partial charge in [-0.3, -0.25) is 14.5 Å². The summed E-state index contributed by atoms with van der Waals surface area (Å²) in [6.45, 7) is 3.79. The standard InChI is InChI=1S/C25H25N5O3S/c1-18-6-12-24(13-7-18)34(32,33)29-21-10-8-20(9-11-21)28-25-14-15-26-17-30(25)23-5-3-4-22(16-23)27-19(2)31/h3-16,28-29H,17H2,1-2H3,(H,27,31). The highest BCUT2D eigenvalue weighted by molar-refractivity contribution is 7.92. The van der Waals surface area contributed by atoms with Gasteiger partial charge in [-0.2, -0.15) is 0 Å². The number of nitrogens with zero attached hydrogens (tertiary/aromatic N) is 2. The molecule has 174 valence electrons. The van der Waals surface area contributed by atoms with Gasteiger partial charge in [0.2, 0.25) is 5.91 Å². The van der Waals surface area contributed by atoms with Crippen molar-refractivity contribution in [3.05, 3.63) is 90.3 Å². The Labute approximate surface area is 199 Å². The Morgan fingerprint density at radius 3 is 2.35 bits per heavy atom. The lowest BCUT2D eigenvalue weighted by molar-refractivity contribution is -0.114. The number of sulfonamides is 1. The fraction of sp³-hybridized carbons (Fsp3) is 0.120. The Hall–Kier alpha value is -4.11. The summed E-state index contributed by atoms with van der Waals surface area (Å²) >= 11 is 0. The molecular weight excluding hydrogens is 450 g/mol. The van der Waals surface area contributed by atoms with Crippen LogP contribution in [0, 0.1) is 6.92 Å². The molecule has 0 unspecified atom stereocenters. The van der Waals surface area contributed by atoms with Crippen molar-refractivity contribution in [1.29, 1.82) is 0 Å². The number of carbonyl (C=O) groups excluding carboxylic acids is 1. The number of carbonyl (C=O) groups is 1. The van der Waals surface area contributed by atoms with Gasteiger partial charge in [0, 0.05) is 35.9 Å². The molecule has 1 aliphatic rings. The molecule has 3 N–H and O–H groups in total. The molecule has 0 bridgehead atoms. The van der Waals surface area contributed by atoms with Gasteiger partial charge in [0.1, 0.15) is 12.5 Å². The Bertz CT molecular complexity index is 1350. The predicted octanol–water partition coefficient (Wildman–Crippen LogP) is 4.56. The number of allylic oxidation sites excluding steroid dienone is 1. The highest BCUT2D eigenvalue weighted by atomic mass is 32.2. The summed E-state index contributed by atoms with van der Waals surface area (Å²) in [5.41, 5.74) is 3.80. The molecule has 8 nitrogen and oxygen atoms in total. The number of benzene rings is 3. The van der Waals surface area contributed by atoms with Crippen molar-refractivity contribution in [2.45, 2.75) is 18.7 Å². The smallest absolute Gasteiger partial charge is 0.261 e. The maximum atomic E-state index is 12.6. The van der Waals surface area contributed by atoms with Crippen LogP contribution < -0.4 is 20.3 Å². The van der Waals surface area contributed by atoms with E-state index >= 15 is 0 Å². The van der Waals surface area contributed by atoms with Gasteiger partial charge < -0.3 is 15.5 Å². The van der Waals surface area contributed by atoms with Crippen molar-refractivity contribution in [3.8, 4) is 0 Å². The molecule has 34 heavy (non-hydrogen) atoms. The van der Waals surface area contributed by atoms with Gasteiger partial charge in [-0.25, -0.2) is 8.42 Å². The first kappa shape index (κ1) is 23.1. The van der Waals surface area contributed by atoms with Crippen LogP contribution in [0.3, 0.4) is 0 Å². The van der Waals surface area contributed by atoms with Gasteiger partial charge in [-0.1, -0.05) is 23.8 Å². The molecule has 0 saturated heterocycles. The molecule has 1 amide bonds. The van der Waals surface area contributed by atoms with Gasteiger partial charge in [-0.05, 0) is 67.6 Å². The van der Waals surface area contributed by atoms with Crippen LogP contribution in [0.15, 0.2) is 94.6 Å². The summed E-state index contributed by atoms with van der Waals surface area (Å²) in [5.74, 6) is 0.656. The minimum atomic E-state index is -3.67. The van der Waals surface area contributed by atoms with E-state index in [0.717, 1.165) is 22.8 Å². The molecule has 3 aromatic carbocycles. The molecule has 0 aromatic heterocycles.